The Balaban J connectivity index is 5.19. The number of unbranched alkanes of at least 4 members (excludes halogenated alkanes) is 54. The van der Waals surface area contributed by atoms with Gasteiger partial charge in [0.25, 0.3) is 0 Å². The smallest absolute Gasteiger partial charge is 0.462 e. The molecule has 0 aromatic rings. The second-order valence-electron chi connectivity index (χ2n) is 28.5. The topological polar surface area (TPSA) is 237 Å². The maximum absolute atomic E-state index is 13.1. The minimum atomic E-state index is -4.96. The Morgan fingerprint density at radius 1 is 0.245 bits per heavy atom. The van der Waals surface area contributed by atoms with E-state index < -0.39 is 97.5 Å². The van der Waals surface area contributed by atoms with Crippen LogP contribution in [0.4, 0.5) is 0 Å². The summed E-state index contributed by atoms with van der Waals surface area (Å²) in [6.45, 7) is 4.99. The van der Waals surface area contributed by atoms with Gasteiger partial charge in [0.1, 0.15) is 19.3 Å². The lowest BCUT2D eigenvalue weighted by molar-refractivity contribution is -0.161. The predicted molar refractivity (Wildman–Crippen MR) is 400 cm³/mol. The first-order valence-corrected chi connectivity index (χ1v) is 44.3. The Kier molecular flexibility index (Phi) is 71.9. The van der Waals surface area contributed by atoms with E-state index in [-0.39, 0.29) is 25.7 Å². The van der Waals surface area contributed by atoms with Crippen LogP contribution in [-0.4, -0.2) is 96.7 Å². The third-order valence-electron chi connectivity index (χ3n) is 18.6. The van der Waals surface area contributed by atoms with E-state index in [1.807, 2.05) is 0 Å². The van der Waals surface area contributed by atoms with Crippen LogP contribution in [-0.2, 0) is 65.4 Å². The monoisotopic (exact) mass is 1440 g/mol. The van der Waals surface area contributed by atoms with Crippen LogP contribution in [0.3, 0.4) is 0 Å². The lowest BCUT2D eigenvalue weighted by atomic mass is 10.0. The second-order valence-corrected chi connectivity index (χ2v) is 31.4. The number of rotatable bonds is 80. The van der Waals surface area contributed by atoms with E-state index in [4.69, 9.17) is 37.0 Å². The third-order valence-corrected chi connectivity index (χ3v) is 20.5. The summed E-state index contributed by atoms with van der Waals surface area (Å²) < 4.78 is 68.6. The highest BCUT2D eigenvalue weighted by atomic mass is 31.2. The Morgan fingerprint density at radius 2 is 0.408 bits per heavy atom. The Hall–Kier alpha value is -1.94. The lowest BCUT2D eigenvalue weighted by Crippen LogP contribution is -2.30. The molecule has 0 aromatic heterocycles. The van der Waals surface area contributed by atoms with Gasteiger partial charge in [-0.3, -0.25) is 37.3 Å². The highest BCUT2D eigenvalue weighted by molar-refractivity contribution is 7.47. The van der Waals surface area contributed by atoms with Crippen molar-refractivity contribution in [2.24, 2.45) is 0 Å². The zero-order valence-electron chi connectivity index (χ0n) is 63.8. The van der Waals surface area contributed by atoms with Gasteiger partial charge in [0, 0.05) is 25.7 Å². The van der Waals surface area contributed by atoms with Crippen LogP contribution >= 0.6 is 15.6 Å². The number of phosphoric ester groups is 2. The molecule has 0 fully saturated rings. The summed E-state index contributed by atoms with van der Waals surface area (Å²) in [5.74, 6) is -2.11. The van der Waals surface area contributed by atoms with Crippen LogP contribution in [0.5, 0.6) is 0 Å². The Morgan fingerprint density at radius 3 is 0.602 bits per heavy atom. The number of hydrogen-bond acceptors (Lipinski definition) is 15. The third kappa shape index (κ3) is 72.4. The maximum atomic E-state index is 13.1. The average Bonchev–Trinajstić information content (AvgIpc) is 1.74. The maximum Gasteiger partial charge on any atom is 0.472 e. The minimum Gasteiger partial charge on any atom is -0.462 e. The number of esters is 4. The fraction of sp³-hybridized carbons (Fsp3) is 0.949. The van der Waals surface area contributed by atoms with Gasteiger partial charge in [0.05, 0.1) is 26.4 Å². The molecule has 0 aliphatic carbocycles. The fourth-order valence-corrected chi connectivity index (χ4v) is 13.9. The predicted octanol–water partition coefficient (Wildman–Crippen LogP) is 23.8. The van der Waals surface area contributed by atoms with Crippen molar-refractivity contribution in [3.63, 3.8) is 0 Å². The molecule has 98 heavy (non-hydrogen) atoms. The van der Waals surface area contributed by atoms with Crippen molar-refractivity contribution in [1.29, 1.82) is 0 Å². The molecule has 582 valence electrons. The second kappa shape index (κ2) is 73.4. The van der Waals surface area contributed by atoms with Crippen molar-refractivity contribution in [2.45, 2.75) is 444 Å². The Labute approximate surface area is 600 Å². The largest absolute Gasteiger partial charge is 0.472 e. The number of carbonyl (C=O) groups is 4. The van der Waals surface area contributed by atoms with E-state index >= 15 is 0 Å². The summed E-state index contributed by atoms with van der Waals surface area (Å²) in [5.41, 5.74) is 0. The first-order valence-electron chi connectivity index (χ1n) is 41.3. The zero-order chi connectivity index (χ0) is 71.8. The molecule has 0 spiro atoms. The molecule has 0 saturated carbocycles. The van der Waals surface area contributed by atoms with Crippen molar-refractivity contribution >= 4 is 39.5 Å². The van der Waals surface area contributed by atoms with Crippen molar-refractivity contribution in [3.05, 3.63) is 0 Å². The molecule has 5 atom stereocenters. The minimum absolute atomic E-state index is 0.107. The van der Waals surface area contributed by atoms with E-state index in [0.717, 1.165) is 89.9 Å². The molecule has 0 heterocycles. The number of ether oxygens (including phenoxy) is 4. The molecule has 17 nitrogen and oxygen atoms in total. The van der Waals surface area contributed by atoms with Gasteiger partial charge >= 0.3 is 39.5 Å². The van der Waals surface area contributed by atoms with Gasteiger partial charge in [-0.25, -0.2) is 9.13 Å². The number of phosphoric acid groups is 2. The average molecular weight is 1440 g/mol. The normalized spacial score (nSPS) is 13.8. The Bertz CT molecular complexity index is 1860. The van der Waals surface area contributed by atoms with E-state index in [1.54, 1.807) is 0 Å². The first-order chi connectivity index (χ1) is 47.7. The van der Waals surface area contributed by atoms with Gasteiger partial charge in [0.15, 0.2) is 12.2 Å². The zero-order valence-corrected chi connectivity index (χ0v) is 65.6. The molecule has 0 aliphatic rings. The highest BCUT2D eigenvalue weighted by Gasteiger charge is 2.30. The van der Waals surface area contributed by atoms with Crippen LogP contribution in [0.2, 0.25) is 0 Å². The van der Waals surface area contributed by atoms with Crippen LogP contribution in [0.25, 0.3) is 0 Å². The lowest BCUT2D eigenvalue weighted by Gasteiger charge is -2.21. The molecule has 0 bridgehead atoms. The molecule has 0 amide bonds. The molecule has 0 radical (unpaired) electrons. The van der Waals surface area contributed by atoms with Crippen molar-refractivity contribution in [2.75, 3.05) is 39.6 Å². The summed E-state index contributed by atoms with van der Waals surface area (Å²) >= 11 is 0. The molecule has 0 rings (SSSR count). The molecular weight excluding hydrogens is 1280 g/mol. The molecule has 0 aliphatic heterocycles. The van der Waals surface area contributed by atoms with Gasteiger partial charge in [-0.15, -0.1) is 0 Å². The number of carbonyl (C=O) groups excluding carboxylic acids is 4. The highest BCUT2D eigenvalue weighted by Crippen LogP contribution is 2.45. The molecule has 0 saturated heterocycles. The first kappa shape index (κ1) is 96.1. The summed E-state index contributed by atoms with van der Waals surface area (Å²) in [6, 6.07) is 0. The fourth-order valence-electron chi connectivity index (χ4n) is 12.3. The van der Waals surface area contributed by atoms with Gasteiger partial charge < -0.3 is 33.8 Å². The quantitative estimate of drug-likeness (QED) is 0.0222. The summed E-state index contributed by atoms with van der Waals surface area (Å²) in [6.07, 6.45) is 65.3. The summed E-state index contributed by atoms with van der Waals surface area (Å²) in [4.78, 5) is 72.8. The van der Waals surface area contributed by atoms with E-state index in [2.05, 4.69) is 27.7 Å². The van der Waals surface area contributed by atoms with Crippen LogP contribution < -0.4 is 0 Å². The summed E-state index contributed by atoms with van der Waals surface area (Å²) in [7, 11) is -9.91. The van der Waals surface area contributed by atoms with E-state index in [1.165, 1.54) is 257 Å². The van der Waals surface area contributed by atoms with Crippen molar-refractivity contribution in [3.8, 4) is 0 Å². The standard InChI is InChI=1S/C79H154O17P2/c1-5-9-13-17-21-25-29-31-33-35-37-39-41-43-45-49-52-56-60-64-77(82)90-70-75(96-79(84)66-62-58-54-50-46-44-42-40-38-36-34-32-30-26-22-18-14-10-6-2)72-94-98(87,88)92-68-73(80)67-91-97(85,86)93-71-74(95-78(83)65-61-57-53-48-28-24-20-16-12-8-4)69-89-76(81)63-59-55-51-47-27-23-19-15-11-7-3/h73-75,80H,5-72H2,1-4H3,(H,85,86)(H,87,88)/t73-,74+,75+/m0/s1. The van der Waals surface area contributed by atoms with Crippen LogP contribution in [0.1, 0.15) is 426 Å². The van der Waals surface area contributed by atoms with E-state index in [9.17, 15) is 43.2 Å². The molecule has 19 heteroatoms. The SMILES string of the molecule is CCCCCCCCCCCCCCCCCCCCCC(=O)OC[C@H](COP(=O)(O)OC[C@@H](O)COP(=O)(O)OC[C@@H](COC(=O)CCCCCCCCCCCC)OC(=O)CCCCCCCCCCCC)OC(=O)CCCCCCCCCCCCCCCCCCCCC. The molecular formula is C79H154O17P2. The summed E-state index contributed by atoms with van der Waals surface area (Å²) in [5, 5.41) is 10.6. The number of aliphatic hydroxyl groups excluding tert-OH is 1. The van der Waals surface area contributed by atoms with Gasteiger partial charge in [-0.1, -0.05) is 374 Å². The molecule has 3 N–H and O–H groups in total. The van der Waals surface area contributed by atoms with Crippen LogP contribution in [0.15, 0.2) is 0 Å². The van der Waals surface area contributed by atoms with Crippen molar-refractivity contribution in [1.82, 2.24) is 0 Å². The number of hydrogen-bond donors (Lipinski definition) is 3. The molecule has 2 unspecified atom stereocenters. The van der Waals surface area contributed by atoms with Gasteiger partial charge in [0.2, 0.25) is 0 Å². The molecule has 0 aromatic carbocycles. The van der Waals surface area contributed by atoms with Crippen molar-refractivity contribution < 1.29 is 80.2 Å². The van der Waals surface area contributed by atoms with Gasteiger partial charge in [-0.2, -0.15) is 0 Å². The van der Waals surface area contributed by atoms with Crippen LogP contribution in [0, 0.1) is 0 Å². The number of aliphatic hydroxyl groups is 1. The van der Waals surface area contributed by atoms with E-state index in [0.29, 0.717) is 25.7 Å². The van der Waals surface area contributed by atoms with Gasteiger partial charge in [-0.05, 0) is 25.7 Å².